The Morgan fingerprint density at radius 1 is 0.862 bits per heavy atom. The topological polar surface area (TPSA) is 165 Å². The number of hydrogen-bond donors (Lipinski definition) is 3. The molecule has 13 nitrogen and oxygen atoms in total. The fraction of sp³-hybridized carbons (Fsp3) is 0.205. The van der Waals surface area contributed by atoms with Crippen LogP contribution in [0.2, 0.25) is 0 Å². The zero-order chi connectivity index (χ0) is 39.7. The number of carboxylic acid groups (broad SMARTS) is 1. The normalized spacial score (nSPS) is 20.2. The quantitative estimate of drug-likeness (QED) is 0.217. The minimum Gasteiger partial charge on any atom is -0.474 e. The van der Waals surface area contributed by atoms with Crippen molar-refractivity contribution in [3.63, 3.8) is 0 Å². The zero-order valence-electron chi connectivity index (χ0n) is 31.4. The number of hydrogen-bond acceptors (Lipinski definition) is 9. The number of benzene rings is 2. The molecule has 2 aromatic carbocycles. The molecule has 14 heteroatoms. The van der Waals surface area contributed by atoms with Crippen molar-refractivity contribution in [2.24, 2.45) is 9.98 Å². The summed E-state index contributed by atoms with van der Waals surface area (Å²) in [6.45, 7) is 0.996. The van der Waals surface area contributed by atoms with E-state index < -0.39 is 21.7 Å². The molecule has 1 fully saturated rings. The Morgan fingerprint density at radius 3 is 2.28 bits per heavy atom. The van der Waals surface area contributed by atoms with Gasteiger partial charge in [0.2, 0.25) is 15.9 Å². The van der Waals surface area contributed by atoms with Crippen molar-refractivity contribution in [2.75, 3.05) is 13.1 Å². The second-order valence-corrected chi connectivity index (χ2v) is 16.5. The van der Waals surface area contributed by atoms with Crippen LogP contribution in [-0.2, 0) is 28.7 Å². The van der Waals surface area contributed by atoms with Crippen molar-refractivity contribution in [1.29, 1.82) is 0 Å². The van der Waals surface area contributed by atoms with E-state index in [4.69, 9.17) is 19.7 Å². The lowest BCUT2D eigenvalue weighted by atomic mass is 9.92. The van der Waals surface area contributed by atoms with Crippen molar-refractivity contribution < 1.29 is 23.1 Å². The Bertz CT molecular complexity index is 2680. The van der Waals surface area contributed by atoms with Gasteiger partial charge >= 0.3 is 6.09 Å². The number of sulfonamides is 1. The third-order valence-corrected chi connectivity index (χ3v) is 12.5. The van der Waals surface area contributed by atoms with Crippen LogP contribution in [0.1, 0.15) is 36.1 Å². The summed E-state index contributed by atoms with van der Waals surface area (Å²) < 4.78 is 38.7. The first kappa shape index (κ1) is 37.0. The fourth-order valence-electron chi connectivity index (χ4n) is 7.73. The predicted octanol–water partition coefficient (Wildman–Crippen LogP) is 4.82. The van der Waals surface area contributed by atoms with Gasteiger partial charge in [-0.25, -0.2) is 33.2 Å². The van der Waals surface area contributed by atoms with Crippen LogP contribution in [0.5, 0.6) is 5.88 Å². The van der Waals surface area contributed by atoms with Crippen LogP contribution >= 0.6 is 0 Å². The molecule has 4 aromatic rings. The van der Waals surface area contributed by atoms with Crippen LogP contribution < -0.4 is 20.8 Å². The summed E-state index contributed by atoms with van der Waals surface area (Å²) in [5, 5.41) is 14.7. The molecule has 0 radical (unpaired) electrons. The van der Waals surface area contributed by atoms with Crippen LogP contribution in [0.3, 0.4) is 0 Å². The molecule has 1 unspecified atom stereocenters. The molecular weight excluding hydrogens is 753 g/mol. The number of likely N-dealkylation sites (tertiary alicyclic amines) is 1. The number of nitrogens with one attached hydrogen (secondary N) is 2. The number of H-pyrrole nitrogens is 1. The Kier molecular flexibility index (Phi) is 9.79. The van der Waals surface area contributed by atoms with Gasteiger partial charge in [0, 0.05) is 62.2 Å². The van der Waals surface area contributed by atoms with E-state index in [-0.39, 0.29) is 24.1 Å². The Balaban J connectivity index is 1.16. The molecular formula is C44H40N8O5S. The van der Waals surface area contributed by atoms with E-state index in [1.807, 2.05) is 109 Å². The number of ether oxygens (including phenoxy) is 1. The minimum atomic E-state index is -4.28. The van der Waals surface area contributed by atoms with Crippen LogP contribution in [0, 0.1) is 0 Å². The maximum Gasteiger partial charge on any atom is 0.407 e. The smallest absolute Gasteiger partial charge is 0.407 e. The molecule has 1 amide bonds. The van der Waals surface area contributed by atoms with Crippen LogP contribution in [0.15, 0.2) is 154 Å². The van der Waals surface area contributed by atoms with Gasteiger partial charge in [-0.2, -0.15) is 4.31 Å². The molecule has 58 heavy (non-hydrogen) atoms. The number of fused-ring (bicyclic) bond motifs is 6. The van der Waals surface area contributed by atoms with Crippen LogP contribution in [0.4, 0.5) is 4.79 Å². The molecule has 5 aliphatic heterocycles. The molecule has 292 valence electrons. The van der Waals surface area contributed by atoms with Crippen LogP contribution in [0.25, 0.3) is 12.2 Å². The zero-order valence-corrected chi connectivity index (χ0v) is 32.2. The summed E-state index contributed by atoms with van der Waals surface area (Å²) in [7, 11) is -4.28. The summed E-state index contributed by atoms with van der Waals surface area (Å²) in [6, 6.07) is 24.8. The van der Waals surface area contributed by atoms with Crippen molar-refractivity contribution in [3.05, 3.63) is 171 Å². The monoisotopic (exact) mass is 792 g/mol. The highest BCUT2D eigenvalue weighted by Gasteiger charge is 2.42. The summed E-state index contributed by atoms with van der Waals surface area (Å²) in [5.74, 6) is 0.342. The van der Waals surface area contributed by atoms with Crippen molar-refractivity contribution in [3.8, 4) is 5.88 Å². The third kappa shape index (κ3) is 7.71. The summed E-state index contributed by atoms with van der Waals surface area (Å²) in [5.41, 5.74) is 3.89. The molecule has 0 aliphatic carbocycles. The van der Waals surface area contributed by atoms with E-state index in [0.717, 1.165) is 27.5 Å². The number of aromatic nitrogens is 3. The number of allylic oxidation sites excluding steroid dienone is 5. The Morgan fingerprint density at radius 2 is 1.55 bits per heavy atom. The van der Waals surface area contributed by atoms with Gasteiger partial charge in [-0.15, -0.1) is 0 Å². The molecule has 8 bridgehead atoms. The Hall–Kier alpha value is -6.64. The van der Waals surface area contributed by atoms with Gasteiger partial charge < -0.3 is 25.0 Å². The summed E-state index contributed by atoms with van der Waals surface area (Å²) >= 11 is 0. The minimum absolute atomic E-state index is 0.0359. The number of aromatic amines is 1. The lowest BCUT2D eigenvalue weighted by Gasteiger charge is -2.31. The highest BCUT2D eigenvalue weighted by molar-refractivity contribution is 7.93. The number of aliphatic imine (C=N–C) groups is 2. The van der Waals surface area contributed by atoms with E-state index in [0.29, 0.717) is 66.7 Å². The molecule has 3 N–H and O–H groups in total. The van der Waals surface area contributed by atoms with Gasteiger partial charge in [-0.05, 0) is 65.8 Å². The molecule has 9 rings (SSSR count). The van der Waals surface area contributed by atoms with Gasteiger partial charge in [0.15, 0.2) is 0 Å². The lowest BCUT2D eigenvalue weighted by molar-refractivity contribution is 0.0868. The van der Waals surface area contributed by atoms with E-state index >= 15 is 8.42 Å². The molecule has 5 aliphatic rings. The molecule has 0 saturated carbocycles. The molecule has 7 heterocycles. The van der Waals surface area contributed by atoms with Crippen molar-refractivity contribution in [2.45, 2.75) is 44.0 Å². The van der Waals surface area contributed by atoms with Gasteiger partial charge in [0.05, 0.1) is 34.2 Å². The maximum atomic E-state index is 15.4. The van der Waals surface area contributed by atoms with Gasteiger partial charge in [0.1, 0.15) is 22.9 Å². The van der Waals surface area contributed by atoms with Crippen molar-refractivity contribution in [1.82, 2.24) is 29.5 Å². The predicted molar refractivity (Wildman–Crippen MR) is 221 cm³/mol. The number of carbonyl (C=O) groups is 1. The van der Waals surface area contributed by atoms with E-state index in [1.54, 1.807) is 18.2 Å². The van der Waals surface area contributed by atoms with E-state index in [9.17, 15) is 9.90 Å². The largest absolute Gasteiger partial charge is 0.474 e. The van der Waals surface area contributed by atoms with Crippen LogP contribution in [-0.4, -0.2) is 74.4 Å². The summed E-state index contributed by atoms with van der Waals surface area (Å²) in [4.78, 5) is 35.3. The first-order chi connectivity index (χ1) is 28.2. The number of amides is 1. The SMILES string of the molecule is O=C(O)N1CCC(Oc2cc(C34C=c5ccc([nH]5)=CC5=NC(=CC6=NC(=C(S(=O)(=O)N(Cc7ccccc7)Cc7ccccc7)C(=CC3)N4)C=C6)C=C5)ncn2)CC1. The first-order valence-corrected chi connectivity index (χ1v) is 20.6. The molecule has 2 aromatic heterocycles. The van der Waals surface area contributed by atoms with Gasteiger partial charge in [0.25, 0.3) is 0 Å². The first-order valence-electron chi connectivity index (χ1n) is 19.1. The third-order valence-electron chi connectivity index (χ3n) is 10.6. The number of piperidine rings is 1. The lowest BCUT2D eigenvalue weighted by Crippen LogP contribution is -2.41. The average molecular weight is 793 g/mol. The molecule has 0 spiro atoms. The fourth-order valence-corrected chi connectivity index (χ4v) is 9.41. The second-order valence-electron chi connectivity index (χ2n) is 14.7. The highest BCUT2D eigenvalue weighted by atomic mass is 32.2. The van der Waals surface area contributed by atoms with Gasteiger partial charge in [-0.1, -0.05) is 66.7 Å². The molecule has 1 saturated heterocycles. The van der Waals surface area contributed by atoms with E-state index in [2.05, 4.69) is 15.3 Å². The molecule has 1 atom stereocenters. The second kappa shape index (κ2) is 15.4. The average Bonchev–Trinajstić information content (AvgIpc) is 4.06. The number of rotatable bonds is 9. The maximum absolute atomic E-state index is 15.4. The number of nitrogens with zero attached hydrogens (tertiary/aromatic N) is 6. The highest BCUT2D eigenvalue weighted by Crippen LogP contribution is 2.40. The summed E-state index contributed by atoms with van der Waals surface area (Å²) in [6.07, 6.45) is 16.7. The standard InChI is InChI=1S/C44H40N8O5S/c53-43(54)51-21-18-37(19-22-51)57-41-25-40(45-29-46-41)44-20-17-39(50-44)42(58(55,56)52(27-30-7-3-1-4-8-30)28-31-9-5-2-6-10-31)38-16-15-35(49-38)24-33-12-11-32(47-33)23-34-13-14-36(26-44)48-34/h1-17,23-26,29,37,48,50H,18-22,27-28H2,(H,53,54). The van der Waals surface area contributed by atoms with E-state index in [1.165, 1.54) is 15.5 Å². The Labute approximate surface area is 335 Å². The van der Waals surface area contributed by atoms with Gasteiger partial charge in [-0.3, -0.25) is 0 Å². The van der Waals surface area contributed by atoms with Crippen molar-refractivity contribution >= 4 is 39.7 Å².